The molecule has 1 fully saturated rings. The molecule has 0 radical (unpaired) electrons. The second-order valence-corrected chi connectivity index (χ2v) is 3.64. The fraction of sp³-hybridized carbons (Fsp3) is 0.727. The van der Waals surface area contributed by atoms with E-state index in [2.05, 4.69) is 13.5 Å². The molecule has 1 aliphatic rings. The fourth-order valence-corrected chi connectivity index (χ4v) is 1.76. The summed E-state index contributed by atoms with van der Waals surface area (Å²) in [5.74, 6) is 0. The molecule has 2 atom stereocenters. The van der Waals surface area contributed by atoms with Crippen LogP contribution in [0.25, 0.3) is 0 Å². The lowest BCUT2D eigenvalue weighted by Gasteiger charge is -2.11. The Morgan fingerprint density at radius 2 is 2.38 bits per heavy atom. The molecule has 2 heteroatoms. The van der Waals surface area contributed by atoms with Crippen LogP contribution in [0.4, 0.5) is 0 Å². The van der Waals surface area contributed by atoms with Crippen molar-refractivity contribution in [1.29, 1.82) is 0 Å². The smallest absolute Gasteiger partial charge is 0.120 e. The van der Waals surface area contributed by atoms with E-state index in [9.17, 15) is 4.79 Å². The number of hydrogen-bond acceptors (Lipinski definition) is 2. The average molecular weight is 182 g/mol. The fourth-order valence-electron chi connectivity index (χ4n) is 1.76. The van der Waals surface area contributed by atoms with Crippen molar-refractivity contribution >= 4 is 6.29 Å². The maximum absolute atomic E-state index is 10.2. The molecule has 2 nitrogen and oxygen atoms in total. The van der Waals surface area contributed by atoms with Gasteiger partial charge >= 0.3 is 0 Å². The summed E-state index contributed by atoms with van der Waals surface area (Å²) in [4.78, 5) is 10.2. The topological polar surface area (TPSA) is 26.3 Å². The molecule has 0 aliphatic carbocycles. The third-order valence-electron chi connectivity index (χ3n) is 2.46. The van der Waals surface area contributed by atoms with Crippen LogP contribution in [0, 0.1) is 0 Å². The van der Waals surface area contributed by atoms with Crippen molar-refractivity contribution in [1.82, 2.24) is 0 Å². The largest absolute Gasteiger partial charge is 0.370 e. The van der Waals surface area contributed by atoms with Crippen LogP contribution in [-0.4, -0.2) is 18.5 Å². The van der Waals surface area contributed by atoms with Gasteiger partial charge in [-0.3, -0.25) is 0 Å². The third-order valence-corrected chi connectivity index (χ3v) is 2.46. The molecule has 13 heavy (non-hydrogen) atoms. The zero-order chi connectivity index (χ0) is 9.68. The van der Waals surface area contributed by atoms with E-state index in [1.807, 2.05) is 0 Å². The van der Waals surface area contributed by atoms with E-state index in [1.165, 1.54) is 5.57 Å². The highest BCUT2D eigenvalue weighted by Gasteiger charge is 2.27. The highest BCUT2D eigenvalue weighted by molar-refractivity contribution is 5.49. The van der Waals surface area contributed by atoms with Gasteiger partial charge in [0.1, 0.15) is 6.29 Å². The summed E-state index contributed by atoms with van der Waals surface area (Å²) in [5, 5.41) is 0. The number of aldehydes is 1. The van der Waals surface area contributed by atoms with Crippen molar-refractivity contribution in [2.75, 3.05) is 0 Å². The van der Waals surface area contributed by atoms with Crippen molar-refractivity contribution in [2.45, 2.75) is 51.2 Å². The molecular formula is C11H18O2. The minimum Gasteiger partial charge on any atom is -0.370 e. The van der Waals surface area contributed by atoms with Crippen LogP contribution < -0.4 is 0 Å². The summed E-state index contributed by atoms with van der Waals surface area (Å²) in [7, 11) is 0. The monoisotopic (exact) mass is 182 g/mol. The summed E-state index contributed by atoms with van der Waals surface area (Å²) in [6.45, 7) is 6.15. The molecule has 0 spiro atoms. The molecule has 0 N–H and O–H groups in total. The quantitative estimate of drug-likeness (QED) is 0.482. The molecule has 2 unspecified atom stereocenters. The zero-order valence-electron chi connectivity index (χ0n) is 8.29. The van der Waals surface area contributed by atoms with E-state index in [0.717, 1.165) is 32.0 Å². The number of ether oxygens (including phenoxy) is 1. The van der Waals surface area contributed by atoms with Gasteiger partial charge in [-0.05, 0) is 24.8 Å². The Bertz CT molecular complexity index is 187. The Balaban J connectivity index is 2.31. The van der Waals surface area contributed by atoms with Crippen LogP contribution in [0.2, 0.25) is 0 Å². The van der Waals surface area contributed by atoms with E-state index in [-0.39, 0.29) is 12.2 Å². The SMILES string of the molecule is C=C1CC(CCC=O)OC1CCC. The summed E-state index contributed by atoms with van der Waals surface area (Å²) in [6.07, 6.45) is 6.05. The Hall–Kier alpha value is -0.630. The molecule has 0 bridgehead atoms. The van der Waals surface area contributed by atoms with Gasteiger partial charge in [0, 0.05) is 6.42 Å². The maximum atomic E-state index is 10.2. The van der Waals surface area contributed by atoms with Gasteiger partial charge in [0.05, 0.1) is 12.2 Å². The molecule has 0 aromatic heterocycles. The molecule has 1 heterocycles. The van der Waals surface area contributed by atoms with E-state index >= 15 is 0 Å². The first-order chi connectivity index (χ1) is 6.27. The molecule has 0 saturated carbocycles. The predicted molar refractivity (Wildman–Crippen MR) is 52.6 cm³/mol. The van der Waals surface area contributed by atoms with Crippen LogP contribution >= 0.6 is 0 Å². The van der Waals surface area contributed by atoms with E-state index in [0.29, 0.717) is 6.42 Å². The van der Waals surface area contributed by atoms with Gasteiger partial charge in [0.15, 0.2) is 0 Å². The van der Waals surface area contributed by atoms with Crippen molar-refractivity contribution < 1.29 is 9.53 Å². The van der Waals surface area contributed by atoms with Gasteiger partial charge in [-0.1, -0.05) is 19.9 Å². The molecule has 0 amide bonds. The van der Waals surface area contributed by atoms with Crippen LogP contribution in [0.5, 0.6) is 0 Å². The number of hydrogen-bond donors (Lipinski definition) is 0. The lowest BCUT2D eigenvalue weighted by Crippen LogP contribution is -2.11. The number of carbonyl (C=O) groups is 1. The standard InChI is InChI=1S/C11H18O2/c1-3-5-11-9(2)8-10(13-11)6-4-7-12/h7,10-11H,2-6,8H2,1H3. The molecule has 1 saturated heterocycles. The normalized spacial score (nSPS) is 27.9. The van der Waals surface area contributed by atoms with Crippen LogP contribution in [0.3, 0.4) is 0 Å². The average Bonchev–Trinajstić information content (AvgIpc) is 2.45. The van der Waals surface area contributed by atoms with Crippen molar-refractivity contribution in [3.05, 3.63) is 12.2 Å². The predicted octanol–water partition coefficient (Wildman–Crippen LogP) is 2.48. The van der Waals surface area contributed by atoms with E-state index < -0.39 is 0 Å². The minimum absolute atomic E-state index is 0.245. The van der Waals surface area contributed by atoms with Crippen LogP contribution in [-0.2, 0) is 9.53 Å². The first kappa shape index (κ1) is 10.5. The Morgan fingerprint density at radius 1 is 1.62 bits per heavy atom. The van der Waals surface area contributed by atoms with E-state index in [1.54, 1.807) is 0 Å². The second kappa shape index (κ2) is 5.18. The van der Waals surface area contributed by atoms with Crippen LogP contribution in [0.1, 0.15) is 39.0 Å². The molecular weight excluding hydrogens is 164 g/mol. The first-order valence-corrected chi connectivity index (χ1v) is 5.04. The molecule has 0 aromatic carbocycles. The van der Waals surface area contributed by atoms with E-state index in [4.69, 9.17) is 4.74 Å². The lowest BCUT2D eigenvalue weighted by atomic mass is 10.0. The highest BCUT2D eigenvalue weighted by atomic mass is 16.5. The third kappa shape index (κ3) is 2.96. The molecule has 1 aliphatic heterocycles. The Morgan fingerprint density at radius 3 is 3.00 bits per heavy atom. The van der Waals surface area contributed by atoms with Gasteiger partial charge < -0.3 is 9.53 Å². The summed E-state index contributed by atoms with van der Waals surface area (Å²) < 4.78 is 5.76. The summed E-state index contributed by atoms with van der Waals surface area (Å²) >= 11 is 0. The van der Waals surface area contributed by atoms with Gasteiger partial charge in [0.25, 0.3) is 0 Å². The number of rotatable bonds is 5. The van der Waals surface area contributed by atoms with Crippen LogP contribution in [0.15, 0.2) is 12.2 Å². The van der Waals surface area contributed by atoms with Crippen molar-refractivity contribution in [2.24, 2.45) is 0 Å². The summed E-state index contributed by atoms with van der Waals surface area (Å²) in [5.41, 5.74) is 1.21. The minimum atomic E-state index is 0.245. The first-order valence-electron chi connectivity index (χ1n) is 5.04. The highest BCUT2D eigenvalue weighted by Crippen LogP contribution is 2.29. The maximum Gasteiger partial charge on any atom is 0.120 e. The Labute approximate surface area is 80.0 Å². The zero-order valence-corrected chi connectivity index (χ0v) is 8.29. The van der Waals surface area contributed by atoms with Gasteiger partial charge in [-0.25, -0.2) is 0 Å². The molecule has 1 rings (SSSR count). The van der Waals surface area contributed by atoms with Crippen molar-refractivity contribution in [3.63, 3.8) is 0 Å². The van der Waals surface area contributed by atoms with Gasteiger partial charge in [-0.15, -0.1) is 0 Å². The second-order valence-electron chi connectivity index (χ2n) is 3.64. The Kier molecular flexibility index (Phi) is 4.16. The number of carbonyl (C=O) groups excluding carboxylic acids is 1. The lowest BCUT2D eigenvalue weighted by molar-refractivity contribution is -0.108. The molecule has 74 valence electrons. The summed E-state index contributed by atoms with van der Waals surface area (Å²) in [6, 6.07) is 0. The van der Waals surface area contributed by atoms with Gasteiger partial charge in [0.2, 0.25) is 0 Å². The molecule has 0 aromatic rings. The van der Waals surface area contributed by atoms with Crippen molar-refractivity contribution in [3.8, 4) is 0 Å². The van der Waals surface area contributed by atoms with Gasteiger partial charge in [-0.2, -0.15) is 0 Å².